The number of nitrogens with zero attached hydrogens (tertiary/aromatic N) is 4. The molecule has 6 heteroatoms. The van der Waals surface area contributed by atoms with E-state index in [1.54, 1.807) is 29.3 Å². The normalized spacial score (nSPS) is 12.0. The summed E-state index contributed by atoms with van der Waals surface area (Å²) in [6.45, 7) is 1.93. The fourth-order valence-corrected chi connectivity index (χ4v) is 2.89. The predicted octanol–water partition coefficient (Wildman–Crippen LogP) is 3.28. The molecule has 1 amide bonds. The van der Waals surface area contributed by atoms with Gasteiger partial charge in [0.15, 0.2) is 5.65 Å². The zero-order valence-electron chi connectivity index (χ0n) is 14.2. The molecule has 0 aliphatic rings. The lowest BCUT2D eigenvalue weighted by atomic mass is 10.1. The molecule has 1 aromatic carbocycles. The zero-order chi connectivity index (χ0) is 17.9. The number of carbonyl (C=O) groups excluding carboxylic acids is 1. The van der Waals surface area contributed by atoms with Crippen LogP contribution in [0.1, 0.15) is 28.9 Å². The van der Waals surface area contributed by atoms with Gasteiger partial charge in [0.2, 0.25) is 0 Å². The van der Waals surface area contributed by atoms with Gasteiger partial charge in [0.25, 0.3) is 5.91 Å². The number of amides is 1. The SMILES string of the molecule is C[C@@H](NC(=O)c1cnn2c(-c3ccccc3)ccnc12)c1ccncc1. The largest absolute Gasteiger partial charge is 0.345 e. The van der Waals surface area contributed by atoms with Crippen molar-refractivity contribution in [3.63, 3.8) is 0 Å². The maximum atomic E-state index is 12.7. The smallest absolute Gasteiger partial charge is 0.257 e. The molecule has 0 spiro atoms. The number of aromatic nitrogens is 4. The molecule has 0 aliphatic heterocycles. The first kappa shape index (κ1) is 16.0. The molecular formula is C20H17N5O. The Kier molecular flexibility index (Phi) is 4.15. The summed E-state index contributed by atoms with van der Waals surface area (Å²) >= 11 is 0. The van der Waals surface area contributed by atoms with Crippen molar-refractivity contribution < 1.29 is 4.79 Å². The lowest BCUT2D eigenvalue weighted by Crippen LogP contribution is -2.26. The second-order valence-corrected chi connectivity index (χ2v) is 5.97. The molecule has 1 atom stereocenters. The standard InChI is InChI=1S/C20H17N5O/c1-14(15-7-10-21-11-8-15)24-20(26)17-13-23-25-18(9-12-22-19(17)25)16-5-3-2-4-6-16/h2-14H,1H3,(H,24,26)/t14-/m1/s1. The van der Waals surface area contributed by atoms with Crippen LogP contribution in [0.25, 0.3) is 16.9 Å². The quantitative estimate of drug-likeness (QED) is 0.617. The highest BCUT2D eigenvalue weighted by atomic mass is 16.1. The summed E-state index contributed by atoms with van der Waals surface area (Å²) in [6.07, 6.45) is 6.67. The van der Waals surface area contributed by atoms with Crippen LogP contribution in [0.5, 0.6) is 0 Å². The van der Waals surface area contributed by atoms with Crippen LogP contribution in [0.4, 0.5) is 0 Å². The van der Waals surface area contributed by atoms with Crippen molar-refractivity contribution in [2.24, 2.45) is 0 Å². The highest BCUT2D eigenvalue weighted by Crippen LogP contribution is 2.21. The molecule has 6 nitrogen and oxygen atoms in total. The van der Waals surface area contributed by atoms with E-state index in [9.17, 15) is 4.79 Å². The molecule has 4 aromatic rings. The number of benzene rings is 1. The van der Waals surface area contributed by atoms with Crippen LogP contribution < -0.4 is 5.32 Å². The molecule has 1 N–H and O–H groups in total. The molecule has 3 heterocycles. The minimum absolute atomic E-state index is 0.141. The predicted molar refractivity (Wildman–Crippen MR) is 98.5 cm³/mol. The Morgan fingerprint density at radius 3 is 2.58 bits per heavy atom. The molecule has 0 saturated heterocycles. The lowest BCUT2D eigenvalue weighted by Gasteiger charge is -2.13. The Balaban J connectivity index is 1.66. The van der Waals surface area contributed by atoms with Gasteiger partial charge in [-0.15, -0.1) is 0 Å². The van der Waals surface area contributed by atoms with Crippen molar-refractivity contribution in [3.05, 3.63) is 84.4 Å². The van der Waals surface area contributed by atoms with Gasteiger partial charge in [0, 0.05) is 24.2 Å². The van der Waals surface area contributed by atoms with Gasteiger partial charge in [-0.25, -0.2) is 9.50 Å². The van der Waals surface area contributed by atoms with E-state index in [1.165, 1.54) is 0 Å². The minimum Gasteiger partial charge on any atom is -0.345 e. The van der Waals surface area contributed by atoms with Crippen LogP contribution in [0.15, 0.2) is 73.3 Å². The zero-order valence-corrected chi connectivity index (χ0v) is 14.2. The summed E-state index contributed by atoms with van der Waals surface area (Å²) in [4.78, 5) is 21.1. The van der Waals surface area contributed by atoms with Crippen molar-refractivity contribution >= 4 is 11.6 Å². The van der Waals surface area contributed by atoms with E-state index >= 15 is 0 Å². The van der Waals surface area contributed by atoms with Crippen LogP contribution in [0, 0.1) is 0 Å². The molecule has 128 valence electrons. The Hall–Kier alpha value is -3.54. The summed E-state index contributed by atoms with van der Waals surface area (Å²) in [6, 6.07) is 15.4. The minimum atomic E-state index is -0.206. The number of fused-ring (bicyclic) bond motifs is 1. The van der Waals surface area contributed by atoms with E-state index in [1.807, 2.05) is 55.5 Å². The van der Waals surface area contributed by atoms with Gasteiger partial charge in [-0.1, -0.05) is 30.3 Å². The van der Waals surface area contributed by atoms with Crippen LogP contribution in [-0.2, 0) is 0 Å². The third kappa shape index (κ3) is 2.93. The molecular weight excluding hydrogens is 326 g/mol. The Labute approximate surface area is 150 Å². The molecule has 0 bridgehead atoms. The first-order chi connectivity index (χ1) is 12.7. The maximum Gasteiger partial charge on any atom is 0.257 e. The van der Waals surface area contributed by atoms with Gasteiger partial charge in [-0.3, -0.25) is 9.78 Å². The molecule has 0 radical (unpaired) electrons. The number of rotatable bonds is 4. The van der Waals surface area contributed by atoms with E-state index in [-0.39, 0.29) is 11.9 Å². The first-order valence-electron chi connectivity index (χ1n) is 8.33. The lowest BCUT2D eigenvalue weighted by molar-refractivity contribution is 0.0941. The van der Waals surface area contributed by atoms with E-state index in [4.69, 9.17) is 0 Å². The number of hydrogen-bond donors (Lipinski definition) is 1. The van der Waals surface area contributed by atoms with Crippen molar-refractivity contribution in [1.82, 2.24) is 24.9 Å². The summed E-state index contributed by atoms with van der Waals surface area (Å²) < 4.78 is 1.70. The third-order valence-electron chi connectivity index (χ3n) is 4.27. The van der Waals surface area contributed by atoms with E-state index in [0.29, 0.717) is 11.2 Å². The van der Waals surface area contributed by atoms with Gasteiger partial charge in [-0.05, 0) is 30.7 Å². The number of pyridine rings is 1. The number of carbonyl (C=O) groups is 1. The molecule has 4 rings (SSSR count). The van der Waals surface area contributed by atoms with Crippen molar-refractivity contribution in [1.29, 1.82) is 0 Å². The number of nitrogens with one attached hydrogen (secondary N) is 1. The average Bonchev–Trinajstić information content (AvgIpc) is 3.13. The maximum absolute atomic E-state index is 12.7. The summed E-state index contributed by atoms with van der Waals surface area (Å²) in [7, 11) is 0. The molecule has 3 aromatic heterocycles. The fourth-order valence-electron chi connectivity index (χ4n) is 2.89. The van der Waals surface area contributed by atoms with Gasteiger partial charge in [0.05, 0.1) is 17.9 Å². The van der Waals surface area contributed by atoms with Crippen LogP contribution in [-0.4, -0.2) is 25.5 Å². The molecule has 0 saturated carbocycles. The summed E-state index contributed by atoms with van der Waals surface area (Å²) in [5.41, 5.74) is 3.87. The van der Waals surface area contributed by atoms with Gasteiger partial charge >= 0.3 is 0 Å². The van der Waals surface area contributed by atoms with Crippen LogP contribution in [0.2, 0.25) is 0 Å². The summed E-state index contributed by atoms with van der Waals surface area (Å²) in [5, 5.41) is 7.37. The van der Waals surface area contributed by atoms with Crippen molar-refractivity contribution in [2.45, 2.75) is 13.0 Å². The van der Waals surface area contributed by atoms with Gasteiger partial charge < -0.3 is 5.32 Å². The second-order valence-electron chi connectivity index (χ2n) is 5.97. The van der Waals surface area contributed by atoms with Gasteiger partial charge in [-0.2, -0.15) is 5.10 Å². The molecule has 0 fully saturated rings. The van der Waals surface area contributed by atoms with E-state index in [0.717, 1.165) is 16.8 Å². The summed E-state index contributed by atoms with van der Waals surface area (Å²) in [5.74, 6) is -0.206. The monoisotopic (exact) mass is 343 g/mol. The molecule has 26 heavy (non-hydrogen) atoms. The highest BCUT2D eigenvalue weighted by Gasteiger charge is 2.18. The van der Waals surface area contributed by atoms with Gasteiger partial charge in [0.1, 0.15) is 5.56 Å². The van der Waals surface area contributed by atoms with Crippen LogP contribution in [0.3, 0.4) is 0 Å². The van der Waals surface area contributed by atoms with Crippen molar-refractivity contribution in [2.75, 3.05) is 0 Å². The average molecular weight is 343 g/mol. The van der Waals surface area contributed by atoms with Crippen LogP contribution >= 0.6 is 0 Å². The highest BCUT2D eigenvalue weighted by molar-refractivity contribution is 6.00. The number of hydrogen-bond acceptors (Lipinski definition) is 4. The van der Waals surface area contributed by atoms with Crippen molar-refractivity contribution in [3.8, 4) is 11.3 Å². The first-order valence-corrected chi connectivity index (χ1v) is 8.33. The molecule has 0 unspecified atom stereocenters. The topological polar surface area (TPSA) is 72.2 Å². The van der Waals surface area contributed by atoms with E-state index < -0.39 is 0 Å². The Morgan fingerprint density at radius 2 is 1.81 bits per heavy atom. The Morgan fingerprint density at radius 1 is 1.04 bits per heavy atom. The second kappa shape index (κ2) is 6.76. The molecule has 0 aliphatic carbocycles. The fraction of sp³-hybridized carbons (Fsp3) is 0.100. The van der Waals surface area contributed by atoms with E-state index in [2.05, 4.69) is 20.4 Å². The third-order valence-corrected chi connectivity index (χ3v) is 4.27. The Bertz CT molecular complexity index is 1040.